The molecule has 0 amide bonds. The van der Waals surface area contributed by atoms with E-state index < -0.39 is 18.2 Å². The minimum absolute atomic E-state index is 0.0538. The van der Waals surface area contributed by atoms with E-state index in [1.165, 1.54) is 21.1 Å². The molecule has 33 heavy (non-hydrogen) atoms. The fourth-order valence-corrected chi connectivity index (χ4v) is 4.00. The maximum Gasteiger partial charge on any atom is 0.303 e. The number of carbonyl (C=O) groups is 2. The van der Waals surface area contributed by atoms with E-state index in [9.17, 15) is 14.7 Å². The summed E-state index contributed by atoms with van der Waals surface area (Å²) in [5.41, 5.74) is 3.00. The smallest absolute Gasteiger partial charge is 0.303 e. The zero-order valence-electron chi connectivity index (χ0n) is 21.0. The highest BCUT2D eigenvalue weighted by Crippen LogP contribution is 2.37. The first kappa shape index (κ1) is 28.7. The summed E-state index contributed by atoms with van der Waals surface area (Å²) in [6.45, 7) is 8.91. The Bertz CT molecular complexity index is 803. The van der Waals surface area contributed by atoms with Crippen LogP contribution in [0.3, 0.4) is 0 Å². The van der Waals surface area contributed by atoms with Crippen LogP contribution in [0.25, 0.3) is 0 Å². The number of ether oxygens (including phenoxy) is 3. The molecule has 4 atom stereocenters. The third-order valence-corrected chi connectivity index (χ3v) is 5.89. The monoisotopic (exact) mass is 464 g/mol. The molecule has 0 aromatic rings. The van der Waals surface area contributed by atoms with Gasteiger partial charge in [-0.05, 0) is 52.0 Å². The van der Waals surface area contributed by atoms with E-state index in [0.29, 0.717) is 12.8 Å². The maximum absolute atomic E-state index is 12.8. The van der Waals surface area contributed by atoms with Crippen molar-refractivity contribution in [1.82, 2.24) is 0 Å². The lowest BCUT2D eigenvalue weighted by Gasteiger charge is -2.35. The molecule has 0 fully saturated rings. The molecule has 7 heteroatoms. The molecule has 0 saturated carbocycles. The first-order valence-corrected chi connectivity index (χ1v) is 11.4. The number of methoxy groups -OCH3 is 2. The van der Waals surface area contributed by atoms with Gasteiger partial charge in [0, 0.05) is 18.8 Å². The van der Waals surface area contributed by atoms with Crippen LogP contribution in [0.1, 0.15) is 60.3 Å². The second-order valence-corrected chi connectivity index (χ2v) is 8.77. The van der Waals surface area contributed by atoms with Crippen LogP contribution in [-0.4, -0.2) is 55.0 Å². The number of Topliss-reactive ketones (excluding diaryl/α,β-unsaturated/α-hetero) is 1. The van der Waals surface area contributed by atoms with Crippen molar-refractivity contribution in [2.75, 3.05) is 20.8 Å². The zero-order valence-corrected chi connectivity index (χ0v) is 21.0. The largest absolute Gasteiger partial charge is 0.493 e. The quantitative estimate of drug-likeness (QED) is 0.332. The Morgan fingerprint density at radius 3 is 2.27 bits per heavy atom. The highest BCUT2D eigenvalue weighted by Gasteiger charge is 2.44. The molecule has 1 aliphatic rings. The van der Waals surface area contributed by atoms with E-state index in [1.807, 2.05) is 20.8 Å². The number of carbonyl (C=O) groups excluding carboxylic acids is 2. The van der Waals surface area contributed by atoms with Crippen molar-refractivity contribution in [3.8, 4) is 0 Å². The Kier molecular flexibility index (Phi) is 12.2. The van der Waals surface area contributed by atoms with Gasteiger partial charge in [-0.3, -0.25) is 9.59 Å². The molecule has 4 unspecified atom stereocenters. The highest BCUT2D eigenvalue weighted by molar-refractivity contribution is 5.97. The molecule has 0 aliphatic heterocycles. The van der Waals surface area contributed by atoms with Gasteiger partial charge in [0.1, 0.15) is 0 Å². The Hall–Kier alpha value is -2.38. The number of aliphatic hydroxyl groups excluding tert-OH is 2. The van der Waals surface area contributed by atoms with Gasteiger partial charge in [-0.1, -0.05) is 36.3 Å². The molecule has 7 nitrogen and oxygen atoms in total. The van der Waals surface area contributed by atoms with Gasteiger partial charge in [0.2, 0.25) is 11.5 Å². The molecular weight excluding hydrogens is 424 g/mol. The lowest BCUT2D eigenvalue weighted by atomic mass is 9.77. The van der Waals surface area contributed by atoms with Crippen LogP contribution in [0, 0.1) is 11.8 Å². The summed E-state index contributed by atoms with van der Waals surface area (Å²) in [7, 11) is 2.85. The van der Waals surface area contributed by atoms with Gasteiger partial charge in [0.15, 0.2) is 11.9 Å². The summed E-state index contributed by atoms with van der Waals surface area (Å²) in [6.07, 6.45) is 7.33. The number of esters is 1. The maximum atomic E-state index is 12.8. The zero-order chi connectivity index (χ0) is 25.1. The van der Waals surface area contributed by atoms with E-state index in [1.54, 1.807) is 13.0 Å². The number of allylic oxidation sites excluding steroid dienone is 4. The Morgan fingerprint density at radius 1 is 1.06 bits per heavy atom. The molecule has 1 aliphatic carbocycles. The summed E-state index contributed by atoms with van der Waals surface area (Å²) < 4.78 is 16.2. The van der Waals surface area contributed by atoms with Crippen molar-refractivity contribution >= 4 is 11.8 Å². The fourth-order valence-electron chi connectivity index (χ4n) is 4.00. The number of hydrogen-bond acceptors (Lipinski definition) is 7. The van der Waals surface area contributed by atoms with Gasteiger partial charge in [-0.25, -0.2) is 0 Å². The molecule has 0 heterocycles. The van der Waals surface area contributed by atoms with Crippen LogP contribution in [0.4, 0.5) is 0 Å². The Balaban J connectivity index is 2.84. The Morgan fingerprint density at radius 2 is 1.73 bits per heavy atom. The van der Waals surface area contributed by atoms with E-state index in [-0.39, 0.29) is 35.7 Å². The first-order valence-electron chi connectivity index (χ1n) is 11.4. The molecule has 0 bridgehead atoms. The molecule has 1 rings (SSSR count). The number of hydrogen-bond donors (Lipinski definition) is 2. The summed E-state index contributed by atoms with van der Waals surface area (Å²) in [5.74, 6) is -0.861. The van der Waals surface area contributed by atoms with Crippen molar-refractivity contribution < 1.29 is 34.0 Å². The normalized spacial score (nSPS) is 23.5. The van der Waals surface area contributed by atoms with Crippen LogP contribution >= 0.6 is 0 Å². The molecule has 186 valence electrons. The summed E-state index contributed by atoms with van der Waals surface area (Å²) >= 11 is 0. The van der Waals surface area contributed by atoms with Crippen molar-refractivity contribution in [2.24, 2.45) is 11.8 Å². The second-order valence-electron chi connectivity index (χ2n) is 8.77. The third kappa shape index (κ3) is 8.82. The van der Waals surface area contributed by atoms with Crippen LogP contribution < -0.4 is 0 Å². The number of ketones is 1. The summed E-state index contributed by atoms with van der Waals surface area (Å²) in [4.78, 5) is 24.5. The number of aliphatic hydroxyl groups is 2. The molecule has 0 aromatic heterocycles. The molecule has 0 radical (unpaired) electrons. The van der Waals surface area contributed by atoms with Crippen LogP contribution in [0.5, 0.6) is 0 Å². The van der Waals surface area contributed by atoms with E-state index in [4.69, 9.17) is 19.3 Å². The molecule has 0 spiro atoms. The van der Waals surface area contributed by atoms with Crippen LogP contribution in [-0.2, 0) is 23.8 Å². The van der Waals surface area contributed by atoms with Crippen molar-refractivity contribution in [3.05, 3.63) is 46.5 Å². The van der Waals surface area contributed by atoms with Crippen molar-refractivity contribution in [1.29, 1.82) is 0 Å². The van der Waals surface area contributed by atoms with Gasteiger partial charge in [-0.15, -0.1) is 0 Å². The van der Waals surface area contributed by atoms with E-state index >= 15 is 0 Å². The van der Waals surface area contributed by atoms with E-state index in [0.717, 1.165) is 29.6 Å². The lowest BCUT2D eigenvalue weighted by molar-refractivity contribution is -0.153. The molecule has 0 saturated heterocycles. The predicted octanol–water partition coefficient (Wildman–Crippen LogP) is 4.01. The van der Waals surface area contributed by atoms with Crippen LogP contribution in [0.2, 0.25) is 0 Å². The average Bonchev–Trinajstić information content (AvgIpc) is 2.74. The van der Waals surface area contributed by atoms with E-state index in [2.05, 4.69) is 12.2 Å². The van der Waals surface area contributed by atoms with Crippen molar-refractivity contribution in [2.45, 2.75) is 72.5 Å². The molecule has 0 aromatic carbocycles. The second kappa shape index (κ2) is 14.0. The van der Waals surface area contributed by atoms with Gasteiger partial charge >= 0.3 is 5.97 Å². The van der Waals surface area contributed by atoms with Gasteiger partial charge in [-0.2, -0.15) is 0 Å². The van der Waals surface area contributed by atoms with Crippen molar-refractivity contribution in [3.63, 3.8) is 0 Å². The lowest BCUT2D eigenvalue weighted by Crippen LogP contribution is -2.42. The summed E-state index contributed by atoms with van der Waals surface area (Å²) in [6, 6.07) is 0. The molecule has 2 N–H and O–H groups in total. The third-order valence-electron chi connectivity index (χ3n) is 5.89. The first-order chi connectivity index (χ1) is 15.5. The summed E-state index contributed by atoms with van der Waals surface area (Å²) in [5, 5.41) is 19.1. The fraction of sp³-hybridized carbons (Fsp3) is 0.615. The SMILES string of the molecule is COC1=C(OC)C(OC(C)=O)C(CC=C(C)CCC=C(C)CC(O)C=C(C)CO)C(C)C1=O. The minimum atomic E-state index is -0.682. The number of rotatable bonds is 12. The molecular formula is C26H40O7. The van der Waals surface area contributed by atoms with Gasteiger partial charge < -0.3 is 24.4 Å². The average molecular weight is 465 g/mol. The topological polar surface area (TPSA) is 102 Å². The standard InChI is InChI=1S/C26H40O7/c1-16(9-8-10-17(2)13-21(29)14-18(3)15-27)11-12-22-19(4)23(30)25(31-6)26(32-7)24(22)33-20(5)28/h10-11,14,19,21-22,24,27,29H,8-9,12-13,15H2,1-7H3. The predicted molar refractivity (Wildman–Crippen MR) is 127 cm³/mol. The highest BCUT2D eigenvalue weighted by atomic mass is 16.6. The van der Waals surface area contributed by atoms with Crippen LogP contribution in [0.15, 0.2) is 46.5 Å². The van der Waals surface area contributed by atoms with Gasteiger partial charge in [0.05, 0.1) is 26.9 Å². The van der Waals surface area contributed by atoms with Gasteiger partial charge in [0.25, 0.3) is 0 Å². The Labute approximate surface area is 197 Å². The minimum Gasteiger partial charge on any atom is -0.493 e.